The maximum absolute atomic E-state index is 13.8. The summed E-state index contributed by atoms with van der Waals surface area (Å²) >= 11 is 0. The van der Waals surface area contributed by atoms with Crippen LogP contribution < -0.4 is 5.32 Å². The van der Waals surface area contributed by atoms with E-state index in [2.05, 4.69) is 10.3 Å². The van der Waals surface area contributed by atoms with Crippen molar-refractivity contribution < 1.29 is 9.13 Å². The molecule has 17 heavy (non-hydrogen) atoms. The molecule has 0 aromatic carbocycles. The van der Waals surface area contributed by atoms with Crippen molar-refractivity contribution in [1.29, 1.82) is 0 Å². The Bertz CT molecular complexity index is 374. The van der Waals surface area contributed by atoms with Gasteiger partial charge in [0.15, 0.2) is 0 Å². The van der Waals surface area contributed by atoms with Gasteiger partial charge in [0.2, 0.25) is 0 Å². The molecule has 4 heteroatoms. The zero-order chi connectivity index (χ0) is 12.3. The number of aromatic nitrogens is 1. The molecule has 1 saturated carbocycles. The van der Waals surface area contributed by atoms with E-state index < -0.39 is 0 Å². The first kappa shape index (κ1) is 12.5. The van der Waals surface area contributed by atoms with Crippen LogP contribution in [0.25, 0.3) is 0 Å². The lowest BCUT2D eigenvalue weighted by Gasteiger charge is -2.47. The van der Waals surface area contributed by atoms with Crippen molar-refractivity contribution in [3.8, 4) is 0 Å². The Morgan fingerprint density at radius 3 is 2.82 bits per heavy atom. The van der Waals surface area contributed by atoms with E-state index in [1.54, 1.807) is 19.4 Å². The normalized spacial score (nSPS) is 19.7. The molecule has 1 aromatic heterocycles. The quantitative estimate of drug-likeness (QED) is 0.855. The van der Waals surface area contributed by atoms with E-state index in [1.165, 1.54) is 6.20 Å². The molecule has 1 aromatic rings. The molecule has 0 radical (unpaired) electrons. The maximum Gasteiger partial charge on any atom is 0.146 e. The summed E-state index contributed by atoms with van der Waals surface area (Å²) in [6.07, 6.45) is 5.99. The Labute approximate surface area is 101 Å². The summed E-state index contributed by atoms with van der Waals surface area (Å²) in [6, 6.07) is 1.65. The number of halogens is 1. The predicted octanol–water partition coefficient (Wildman–Crippen LogP) is 2.44. The highest BCUT2D eigenvalue weighted by Gasteiger charge is 2.45. The van der Waals surface area contributed by atoms with Crippen LogP contribution in [0.3, 0.4) is 0 Å². The molecule has 1 atom stereocenters. The Hall–Kier alpha value is -1.00. The van der Waals surface area contributed by atoms with Gasteiger partial charge in [0.1, 0.15) is 5.82 Å². The van der Waals surface area contributed by atoms with Gasteiger partial charge in [-0.05, 0) is 31.9 Å². The predicted molar refractivity (Wildman–Crippen MR) is 64.2 cm³/mol. The van der Waals surface area contributed by atoms with Crippen LogP contribution in [-0.2, 0) is 4.74 Å². The molecule has 0 saturated heterocycles. The van der Waals surface area contributed by atoms with Crippen LogP contribution in [0.4, 0.5) is 4.39 Å². The van der Waals surface area contributed by atoms with Crippen molar-refractivity contribution in [1.82, 2.24) is 10.3 Å². The smallest absolute Gasteiger partial charge is 0.146 e. The zero-order valence-electron chi connectivity index (χ0n) is 10.4. The molecule has 1 fully saturated rings. The number of ether oxygens (including phenoxy) is 1. The Kier molecular flexibility index (Phi) is 3.74. The minimum atomic E-state index is -0.262. The summed E-state index contributed by atoms with van der Waals surface area (Å²) in [6.45, 7) is 2.81. The minimum absolute atomic E-state index is 0.0887. The summed E-state index contributed by atoms with van der Waals surface area (Å²) in [7, 11) is 1.71. The highest BCUT2D eigenvalue weighted by molar-refractivity contribution is 5.23. The van der Waals surface area contributed by atoms with Crippen molar-refractivity contribution in [2.45, 2.75) is 37.8 Å². The van der Waals surface area contributed by atoms with Gasteiger partial charge in [-0.2, -0.15) is 0 Å². The van der Waals surface area contributed by atoms with Crippen molar-refractivity contribution in [2.24, 2.45) is 0 Å². The fourth-order valence-electron chi connectivity index (χ4n) is 2.54. The fraction of sp³-hybridized carbons (Fsp3) is 0.615. The van der Waals surface area contributed by atoms with Gasteiger partial charge in [0.05, 0.1) is 17.8 Å². The molecular formula is C13H19FN2O. The monoisotopic (exact) mass is 238 g/mol. The first-order valence-electron chi connectivity index (χ1n) is 6.11. The molecule has 1 N–H and O–H groups in total. The van der Waals surface area contributed by atoms with Crippen LogP contribution >= 0.6 is 0 Å². The van der Waals surface area contributed by atoms with Gasteiger partial charge in [-0.1, -0.05) is 6.92 Å². The summed E-state index contributed by atoms with van der Waals surface area (Å²) in [5, 5.41) is 3.34. The number of hydrogen-bond donors (Lipinski definition) is 1. The molecule has 1 aliphatic rings. The van der Waals surface area contributed by atoms with Crippen LogP contribution in [0.1, 0.15) is 37.8 Å². The molecule has 0 amide bonds. The van der Waals surface area contributed by atoms with E-state index in [9.17, 15) is 4.39 Å². The number of likely N-dealkylation sites (N-methyl/N-ethyl adjacent to an activating group) is 1. The highest BCUT2D eigenvalue weighted by Crippen LogP contribution is 2.45. The van der Waals surface area contributed by atoms with Crippen LogP contribution in [0.2, 0.25) is 0 Å². The van der Waals surface area contributed by atoms with Gasteiger partial charge in [0, 0.05) is 18.9 Å². The van der Waals surface area contributed by atoms with Gasteiger partial charge in [-0.25, -0.2) is 4.39 Å². The van der Waals surface area contributed by atoms with E-state index in [4.69, 9.17) is 4.74 Å². The van der Waals surface area contributed by atoms with E-state index in [0.717, 1.165) is 25.8 Å². The van der Waals surface area contributed by atoms with Crippen molar-refractivity contribution in [3.63, 3.8) is 0 Å². The number of pyridine rings is 1. The molecule has 1 aliphatic carbocycles. The van der Waals surface area contributed by atoms with Gasteiger partial charge >= 0.3 is 0 Å². The van der Waals surface area contributed by atoms with Crippen molar-refractivity contribution in [2.75, 3.05) is 13.7 Å². The number of nitrogens with zero attached hydrogens (tertiary/aromatic N) is 1. The largest absolute Gasteiger partial charge is 0.376 e. The zero-order valence-corrected chi connectivity index (χ0v) is 10.4. The van der Waals surface area contributed by atoms with Gasteiger partial charge in [0.25, 0.3) is 0 Å². The molecular weight excluding hydrogens is 219 g/mol. The minimum Gasteiger partial charge on any atom is -0.376 e. The highest BCUT2D eigenvalue weighted by atomic mass is 19.1. The molecule has 0 aliphatic heterocycles. The summed E-state index contributed by atoms with van der Waals surface area (Å²) < 4.78 is 19.5. The summed E-state index contributed by atoms with van der Waals surface area (Å²) in [5.74, 6) is -0.262. The van der Waals surface area contributed by atoms with Crippen LogP contribution in [0, 0.1) is 5.82 Å². The molecule has 1 unspecified atom stereocenters. The lowest BCUT2D eigenvalue weighted by Crippen LogP contribution is -2.50. The first-order chi connectivity index (χ1) is 8.23. The third-order valence-corrected chi connectivity index (χ3v) is 3.66. The van der Waals surface area contributed by atoms with E-state index in [-0.39, 0.29) is 17.5 Å². The topological polar surface area (TPSA) is 34.2 Å². The second-order valence-electron chi connectivity index (χ2n) is 4.51. The molecule has 1 heterocycles. The van der Waals surface area contributed by atoms with E-state index in [1.807, 2.05) is 6.92 Å². The molecule has 2 rings (SSSR count). The van der Waals surface area contributed by atoms with Crippen LogP contribution in [0.15, 0.2) is 18.5 Å². The van der Waals surface area contributed by atoms with Crippen molar-refractivity contribution >= 4 is 0 Å². The van der Waals surface area contributed by atoms with Crippen LogP contribution in [0.5, 0.6) is 0 Å². The van der Waals surface area contributed by atoms with Crippen molar-refractivity contribution in [3.05, 3.63) is 29.8 Å². The second-order valence-corrected chi connectivity index (χ2v) is 4.51. The molecule has 0 spiro atoms. The third-order valence-electron chi connectivity index (χ3n) is 3.66. The fourth-order valence-corrected chi connectivity index (χ4v) is 2.54. The Morgan fingerprint density at radius 1 is 1.59 bits per heavy atom. The van der Waals surface area contributed by atoms with Gasteiger partial charge in [-0.3, -0.25) is 4.98 Å². The Morgan fingerprint density at radius 2 is 2.35 bits per heavy atom. The lowest BCUT2D eigenvalue weighted by atomic mass is 9.72. The summed E-state index contributed by atoms with van der Waals surface area (Å²) in [5.41, 5.74) is 0.404. The SMILES string of the molecule is CCNC(c1ccncc1F)C1(OC)CCC1. The Balaban J connectivity index is 2.32. The molecule has 0 bridgehead atoms. The number of methoxy groups -OCH3 is 1. The number of rotatable bonds is 5. The summed E-state index contributed by atoms with van der Waals surface area (Å²) in [4.78, 5) is 3.80. The van der Waals surface area contributed by atoms with Gasteiger partial charge in [-0.15, -0.1) is 0 Å². The van der Waals surface area contributed by atoms with Gasteiger partial charge < -0.3 is 10.1 Å². The number of hydrogen-bond acceptors (Lipinski definition) is 3. The van der Waals surface area contributed by atoms with E-state index >= 15 is 0 Å². The second kappa shape index (κ2) is 5.10. The average molecular weight is 238 g/mol. The lowest BCUT2D eigenvalue weighted by molar-refractivity contribution is -0.100. The third kappa shape index (κ3) is 2.19. The first-order valence-corrected chi connectivity index (χ1v) is 6.11. The molecule has 94 valence electrons. The standard InChI is InChI=1S/C13H19FN2O/c1-3-16-12(13(17-2)6-4-7-13)10-5-8-15-9-11(10)14/h5,8-9,12,16H,3-4,6-7H2,1-2H3. The maximum atomic E-state index is 13.8. The van der Waals surface area contributed by atoms with Crippen LogP contribution in [-0.4, -0.2) is 24.2 Å². The molecule has 3 nitrogen and oxygen atoms in total. The number of nitrogens with one attached hydrogen (secondary N) is 1. The average Bonchev–Trinajstić information content (AvgIpc) is 2.28. The van der Waals surface area contributed by atoms with E-state index in [0.29, 0.717) is 5.56 Å².